The number of nitrogens with one attached hydrogen (secondary N) is 1. The fraction of sp³-hybridized carbons (Fsp3) is 0.700. The molecule has 0 aliphatic heterocycles. The van der Waals surface area contributed by atoms with Crippen molar-refractivity contribution in [3.05, 3.63) is 18.0 Å². The van der Waals surface area contributed by atoms with Crippen LogP contribution in [0.5, 0.6) is 0 Å². The fourth-order valence-corrected chi connectivity index (χ4v) is 1.38. The summed E-state index contributed by atoms with van der Waals surface area (Å²) in [5.41, 5.74) is 1.22. The Morgan fingerprint density at radius 1 is 1.54 bits per heavy atom. The lowest BCUT2D eigenvalue weighted by Crippen LogP contribution is -2.33. The number of nitrogens with zero attached hydrogens (tertiary/aromatic N) is 2. The number of aryl methyl sites for hydroxylation is 1. The Morgan fingerprint density at radius 3 is 2.69 bits per heavy atom. The van der Waals surface area contributed by atoms with Crippen molar-refractivity contribution in [1.82, 2.24) is 15.1 Å². The third kappa shape index (κ3) is 2.56. The van der Waals surface area contributed by atoms with E-state index in [0.29, 0.717) is 12.1 Å². The summed E-state index contributed by atoms with van der Waals surface area (Å²) in [5.74, 6) is 0. The Labute approximate surface area is 80.1 Å². The molecule has 3 nitrogen and oxygen atoms in total. The van der Waals surface area contributed by atoms with Gasteiger partial charge in [0.1, 0.15) is 0 Å². The first-order valence-corrected chi connectivity index (χ1v) is 4.89. The standard InChI is InChI=1S/C10H19N3/c1-5-11-9(3)10(4)13-7-8(2)6-12-13/h6-7,9-11H,5H2,1-4H3. The summed E-state index contributed by atoms with van der Waals surface area (Å²) >= 11 is 0. The molecule has 2 unspecified atom stereocenters. The molecule has 0 radical (unpaired) electrons. The summed E-state index contributed by atoms with van der Waals surface area (Å²) in [6, 6.07) is 0.873. The molecule has 3 heteroatoms. The van der Waals surface area contributed by atoms with Gasteiger partial charge in [0.2, 0.25) is 0 Å². The van der Waals surface area contributed by atoms with E-state index in [1.54, 1.807) is 0 Å². The van der Waals surface area contributed by atoms with Crippen LogP contribution in [0, 0.1) is 6.92 Å². The molecule has 0 aromatic carbocycles. The van der Waals surface area contributed by atoms with Gasteiger partial charge in [-0.3, -0.25) is 4.68 Å². The highest BCUT2D eigenvalue weighted by atomic mass is 15.3. The predicted octanol–water partition coefficient (Wildman–Crippen LogP) is 1.75. The van der Waals surface area contributed by atoms with Crippen LogP contribution in [0.1, 0.15) is 32.4 Å². The maximum atomic E-state index is 4.30. The number of aromatic nitrogens is 2. The molecular formula is C10H19N3. The van der Waals surface area contributed by atoms with Gasteiger partial charge in [0.05, 0.1) is 12.2 Å². The molecular weight excluding hydrogens is 162 g/mol. The lowest BCUT2D eigenvalue weighted by atomic mass is 10.2. The van der Waals surface area contributed by atoms with Crippen molar-refractivity contribution in [3.8, 4) is 0 Å². The molecule has 1 N–H and O–H groups in total. The number of rotatable bonds is 4. The summed E-state index contributed by atoms with van der Waals surface area (Å²) in [6.07, 6.45) is 3.98. The molecule has 1 heterocycles. The Morgan fingerprint density at radius 2 is 2.23 bits per heavy atom. The van der Waals surface area contributed by atoms with E-state index >= 15 is 0 Å². The van der Waals surface area contributed by atoms with Gasteiger partial charge in [-0.15, -0.1) is 0 Å². The lowest BCUT2D eigenvalue weighted by molar-refractivity contribution is 0.372. The van der Waals surface area contributed by atoms with Crippen molar-refractivity contribution in [2.75, 3.05) is 6.54 Å². The number of hydrogen-bond acceptors (Lipinski definition) is 2. The molecule has 74 valence electrons. The minimum atomic E-state index is 0.411. The van der Waals surface area contributed by atoms with E-state index in [1.807, 2.05) is 10.9 Å². The van der Waals surface area contributed by atoms with Gasteiger partial charge in [0.15, 0.2) is 0 Å². The largest absolute Gasteiger partial charge is 0.312 e. The minimum absolute atomic E-state index is 0.411. The van der Waals surface area contributed by atoms with Gasteiger partial charge in [-0.1, -0.05) is 6.92 Å². The molecule has 0 saturated heterocycles. The molecule has 0 spiro atoms. The van der Waals surface area contributed by atoms with E-state index in [0.717, 1.165) is 6.54 Å². The van der Waals surface area contributed by atoms with E-state index in [9.17, 15) is 0 Å². The van der Waals surface area contributed by atoms with Gasteiger partial charge in [0, 0.05) is 12.2 Å². The third-order valence-electron chi connectivity index (χ3n) is 2.40. The molecule has 1 aromatic rings. The van der Waals surface area contributed by atoms with E-state index < -0.39 is 0 Å². The average Bonchev–Trinajstić information content (AvgIpc) is 2.51. The zero-order chi connectivity index (χ0) is 9.84. The molecule has 0 bridgehead atoms. The van der Waals surface area contributed by atoms with Gasteiger partial charge in [-0.2, -0.15) is 5.10 Å². The summed E-state index contributed by atoms with van der Waals surface area (Å²) in [6.45, 7) is 9.56. The van der Waals surface area contributed by atoms with Crippen LogP contribution < -0.4 is 5.32 Å². The fourth-order valence-electron chi connectivity index (χ4n) is 1.38. The second kappa shape index (κ2) is 4.42. The normalized spacial score (nSPS) is 15.7. The lowest BCUT2D eigenvalue weighted by Gasteiger charge is -2.20. The maximum absolute atomic E-state index is 4.30. The first-order chi connectivity index (χ1) is 6.15. The molecule has 0 aliphatic carbocycles. The zero-order valence-electron chi connectivity index (χ0n) is 8.91. The van der Waals surface area contributed by atoms with E-state index in [-0.39, 0.29) is 0 Å². The van der Waals surface area contributed by atoms with Gasteiger partial charge in [-0.05, 0) is 32.9 Å². The topological polar surface area (TPSA) is 29.9 Å². The average molecular weight is 181 g/mol. The predicted molar refractivity (Wildman–Crippen MR) is 54.8 cm³/mol. The smallest absolute Gasteiger partial charge is 0.0641 e. The van der Waals surface area contributed by atoms with E-state index in [1.165, 1.54) is 5.56 Å². The highest BCUT2D eigenvalue weighted by Gasteiger charge is 2.12. The summed E-state index contributed by atoms with van der Waals surface area (Å²) < 4.78 is 2.02. The number of likely N-dealkylation sites (N-methyl/N-ethyl adjacent to an activating group) is 1. The molecule has 1 aromatic heterocycles. The summed E-state index contributed by atoms with van der Waals surface area (Å²) in [4.78, 5) is 0. The Balaban J connectivity index is 2.61. The van der Waals surface area contributed by atoms with Gasteiger partial charge in [0.25, 0.3) is 0 Å². The Bertz CT molecular complexity index is 254. The van der Waals surface area contributed by atoms with Crippen LogP contribution in [0.3, 0.4) is 0 Å². The van der Waals surface area contributed by atoms with Crippen LogP contribution >= 0.6 is 0 Å². The van der Waals surface area contributed by atoms with Gasteiger partial charge >= 0.3 is 0 Å². The SMILES string of the molecule is CCNC(C)C(C)n1cc(C)cn1. The van der Waals surface area contributed by atoms with E-state index in [2.05, 4.69) is 44.3 Å². The summed E-state index contributed by atoms with van der Waals surface area (Å²) in [5, 5.41) is 7.69. The first-order valence-electron chi connectivity index (χ1n) is 4.89. The molecule has 13 heavy (non-hydrogen) atoms. The van der Waals surface area contributed by atoms with Crippen molar-refractivity contribution >= 4 is 0 Å². The molecule has 1 rings (SSSR count). The van der Waals surface area contributed by atoms with Crippen molar-refractivity contribution < 1.29 is 0 Å². The highest BCUT2D eigenvalue weighted by molar-refractivity contribution is 5.00. The highest BCUT2D eigenvalue weighted by Crippen LogP contribution is 2.10. The molecule has 0 aliphatic rings. The van der Waals surface area contributed by atoms with Crippen LogP contribution in [0.4, 0.5) is 0 Å². The van der Waals surface area contributed by atoms with Crippen molar-refractivity contribution in [2.45, 2.75) is 39.8 Å². The third-order valence-corrected chi connectivity index (χ3v) is 2.40. The van der Waals surface area contributed by atoms with Crippen LogP contribution in [-0.4, -0.2) is 22.4 Å². The van der Waals surface area contributed by atoms with Crippen molar-refractivity contribution in [3.63, 3.8) is 0 Å². The van der Waals surface area contributed by atoms with Crippen LogP contribution in [0.25, 0.3) is 0 Å². The molecule has 2 atom stereocenters. The van der Waals surface area contributed by atoms with Crippen LogP contribution in [0.15, 0.2) is 12.4 Å². The van der Waals surface area contributed by atoms with Crippen molar-refractivity contribution in [1.29, 1.82) is 0 Å². The van der Waals surface area contributed by atoms with Gasteiger partial charge in [-0.25, -0.2) is 0 Å². The van der Waals surface area contributed by atoms with Crippen LogP contribution in [0.2, 0.25) is 0 Å². The second-order valence-electron chi connectivity index (χ2n) is 3.58. The molecule has 0 amide bonds. The summed E-state index contributed by atoms with van der Waals surface area (Å²) in [7, 11) is 0. The Hall–Kier alpha value is -0.830. The number of hydrogen-bond donors (Lipinski definition) is 1. The van der Waals surface area contributed by atoms with E-state index in [4.69, 9.17) is 0 Å². The van der Waals surface area contributed by atoms with Gasteiger partial charge < -0.3 is 5.32 Å². The van der Waals surface area contributed by atoms with Crippen molar-refractivity contribution in [2.24, 2.45) is 0 Å². The first kappa shape index (κ1) is 10.3. The molecule has 0 fully saturated rings. The second-order valence-corrected chi connectivity index (χ2v) is 3.58. The quantitative estimate of drug-likeness (QED) is 0.767. The molecule has 0 saturated carbocycles. The van der Waals surface area contributed by atoms with Crippen LogP contribution in [-0.2, 0) is 0 Å². The maximum Gasteiger partial charge on any atom is 0.0641 e. The zero-order valence-corrected chi connectivity index (χ0v) is 8.91. The minimum Gasteiger partial charge on any atom is -0.312 e. The Kier molecular flexibility index (Phi) is 3.48. The monoisotopic (exact) mass is 181 g/mol.